The van der Waals surface area contributed by atoms with E-state index >= 15 is 0 Å². The van der Waals surface area contributed by atoms with E-state index in [9.17, 15) is 9.50 Å². The van der Waals surface area contributed by atoms with Gasteiger partial charge >= 0.3 is 0 Å². The van der Waals surface area contributed by atoms with Gasteiger partial charge in [0.15, 0.2) is 0 Å². The minimum Gasteiger partial charge on any atom is -0.385 e. The van der Waals surface area contributed by atoms with Gasteiger partial charge in [-0.25, -0.2) is 4.39 Å². The summed E-state index contributed by atoms with van der Waals surface area (Å²) in [5.74, 6) is 0.258. The summed E-state index contributed by atoms with van der Waals surface area (Å²) in [6, 6.07) is 4.64. The first-order valence-electron chi connectivity index (χ1n) is 6.66. The van der Waals surface area contributed by atoms with Crippen molar-refractivity contribution >= 4 is 15.9 Å². The molecule has 19 heavy (non-hydrogen) atoms. The quantitative estimate of drug-likeness (QED) is 0.899. The molecule has 1 aromatic rings. The van der Waals surface area contributed by atoms with Crippen molar-refractivity contribution in [1.29, 1.82) is 0 Å². The van der Waals surface area contributed by atoms with E-state index in [-0.39, 0.29) is 5.82 Å². The van der Waals surface area contributed by atoms with Crippen molar-refractivity contribution in [3.8, 4) is 0 Å². The Morgan fingerprint density at radius 3 is 2.63 bits per heavy atom. The summed E-state index contributed by atoms with van der Waals surface area (Å²) in [5, 5.41) is 10.6. The molecule has 2 nitrogen and oxygen atoms in total. The van der Waals surface area contributed by atoms with Gasteiger partial charge < -0.3 is 9.84 Å². The summed E-state index contributed by atoms with van der Waals surface area (Å²) in [4.78, 5) is 0. The molecule has 4 heteroatoms. The normalized spacial score (nSPS) is 29.2. The van der Waals surface area contributed by atoms with Crippen molar-refractivity contribution in [2.24, 2.45) is 5.92 Å². The molecule has 106 valence electrons. The second-order valence-electron chi connectivity index (χ2n) is 5.52. The summed E-state index contributed by atoms with van der Waals surface area (Å²) < 4.78 is 20.3. The lowest BCUT2D eigenvalue weighted by molar-refractivity contribution is -0.131. The van der Waals surface area contributed by atoms with Crippen LogP contribution < -0.4 is 0 Å². The highest BCUT2D eigenvalue weighted by Gasteiger charge is 2.42. The average Bonchev–Trinajstić information content (AvgIpc) is 2.42. The molecule has 1 aliphatic rings. The van der Waals surface area contributed by atoms with E-state index in [1.807, 2.05) is 0 Å². The predicted octanol–water partition coefficient (Wildman–Crippen LogP) is 4.22. The van der Waals surface area contributed by atoms with Crippen LogP contribution in [0.2, 0.25) is 0 Å². The van der Waals surface area contributed by atoms with Crippen molar-refractivity contribution in [2.75, 3.05) is 7.11 Å². The molecule has 1 fully saturated rings. The number of rotatable bonds is 3. The Kier molecular flexibility index (Phi) is 4.64. The zero-order chi connectivity index (χ0) is 14.0. The fourth-order valence-corrected chi connectivity index (χ4v) is 3.23. The molecule has 1 unspecified atom stereocenters. The molecule has 1 saturated carbocycles. The van der Waals surface area contributed by atoms with Gasteiger partial charge in [-0.2, -0.15) is 0 Å². The van der Waals surface area contributed by atoms with Crippen LogP contribution in [0, 0.1) is 11.7 Å². The molecule has 1 aromatic carbocycles. The first kappa shape index (κ1) is 14.9. The van der Waals surface area contributed by atoms with Crippen LogP contribution in [0.3, 0.4) is 0 Å². The molecule has 1 atom stereocenters. The van der Waals surface area contributed by atoms with E-state index in [4.69, 9.17) is 4.74 Å². The summed E-state index contributed by atoms with van der Waals surface area (Å²) in [5.41, 5.74) is -0.348. The fourth-order valence-electron chi connectivity index (χ4n) is 2.85. The van der Waals surface area contributed by atoms with Crippen LogP contribution in [0.1, 0.15) is 44.3 Å². The van der Waals surface area contributed by atoms with Crippen LogP contribution in [-0.2, 0) is 4.74 Å². The zero-order valence-corrected chi connectivity index (χ0v) is 12.9. The molecular weight excluding hydrogens is 311 g/mol. The van der Waals surface area contributed by atoms with Crippen LogP contribution in [0.5, 0.6) is 0 Å². The van der Waals surface area contributed by atoms with E-state index in [1.165, 1.54) is 6.07 Å². The minimum atomic E-state index is -0.928. The number of ether oxygens (including phenoxy) is 1. The van der Waals surface area contributed by atoms with Crippen LogP contribution in [-0.4, -0.2) is 17.8 Å². The highest BCUT2D eigenvalue weighted by atomic mass is 79.9. The lowest BCUT2D eigenvalue weighted by atomic mass is 9.74. The predicted molar refractivity (Wildman–Crippen MR) is 76.4 cm³/mol. The number of methoxy groups -OCH3 is 1. The van der Waals surface area contributed by atoms with E-state index in [0.717, 1.165) is 30.2 Å². The number of halogens is 2. The second kappa shape index (κ2) is 5.90. The average molecular weight is 331 g/mol. The SMILES string of the molecule is COC1(C(O)c2cc(Br)ccc2F)CCC(C)CC1. The molecule has 0 heterocycles. The maximum atomic E-state index is 13.9. The van der Waals surface area contributed by atoms with Crippen LogP contribution in [0.4, 0.5) is 4.39 Å². The van der Waals surface area contributed by atoms with Crippen LogP contribution >= 0.6 is 15.9 Å². The Balaban J connectivity index is 2.30. The van der Waals surface area contributed by atoms with Crippen LogP contribution in [0.25, 0.3) is 0 Å². The number of aliphatic hydroxyl groups excluding tert-OH is 1. The van der Waals surface area contributed by atoms with Gasteiger partial charge in [-0.1, -0.05) is 22.9 Å². The number of hydrogen-bond acceptors (Lipinski definition) is 2. The highest BCUT2D eigenvalue weighted by molar-refractivity contribution is 9.10. The molecule has 2 rings (SSSR count). The van der Waals surface area contributed by atoms with Gasteiger partial charge in [0.2, 0.25) is 0 Å². The molecule has 0 saturated heterocycles. The van der Waals surface area contributed by atoms with Crippen molar-refractivity contribution in [1.82, 2.24) is 0 Å². The topological polar surface area (TPSA) is 29.5 Å². The van der Waals surface area contributed by atoms with Crippen LogP contribution in [0.15, 0.2) is 22.7 Å². The smallest absolute Gasteiger partial charge is 0.129 e. The van der Waals surface area contributed by atoms with Crippen molar-refractivity contribution in [3.05, 3.63) is 34.1 Å². The summed E-state index contributed by atoms with van der Waals surface area (Å²) in [6.07, 6.45) is 2.60. The van der Waals surface area contributed by atoms with Gasteiger partial charge in [0, 0.05) is 17.1 Å². The van der Waals surface area contributed by atoms with Crippen molar-refractivity contribution in [3.63, 3.8) is 0 Å². The molecule has 0 amide bonds. The third kappa shape index (κ3) is 3.01. The summed E-state index contributed by atoms with van der Waals surface area (Å²) >= 11 is 3.32. The molecule has 0 spiro atoms. The molecule has 1 N–H and O–H groups in total. The van der Waals surface area contributed by atoms with E-state index in [0.29, 0.717) is 11.5 Å². The fraction of sp³-hybridized carbons (Fsp3) is 0.600. The molecular formula is C15H20BrFO2. The second-order valence-corrected chi connectivity index (χ2v) is 6.44. The number of hydrogen-bond donors (Lipinski definition) is 1. The summed E-state index contributed by atoms with van der Waals surface area (Å²) in [6.45, 7) is 2.20. The third-order valence-corrected chi connectivity index (χ3v) is 4.77. The molecule has 0 aromatic heterocycles. The Hall–Kier alpha value is -0.450. The highest BCUT2D eigenvalue weighted by Crippen LogP contribution is 2.43. The minimum absolute atomic E-state index is 0.311. The van der Waals surface area contributed by atoms with Crippen molar-refractivity contribution in [2.45, 2.75) is 44.3 Å². The lowest BCUT2D eigenvalue weighted by Crippen LogP contribution is -2.42. The maximum absolute atomic E-state index is 13.9. The van der Waals surface area contributed by atoms with Gasteiger partial charge in [-0.05, 0) is 49.8 Å². The molecule has 1 aliphatic carbocycles. The number of benzene rings is 1. The lowest BCUT2D eigenvalue weighted by Gasteiger charge is -2.42. The molecule has 0 bridgehead atoms. The largest absolute Gasteiger partial charge is 0.385 e. The van der Waals surface area contributed by atoms with Gasteiger partial charge in [0.1, 0.15) is 11.9 Å². The first-order valence-corrected chi connectivity index (χ1v) is 7.46. The number of aliphatic hydroxyl groups is 1. The zero-order valence-electron chi connectivity index (χ0n) is 11.3. The maximum Gasteiger partial charge on any atom is 0.129 e. The van der Waals surface area contributed by atoms with E-state index in [2.05, 4.69) is 22.9 Å². The van der Waals surface area contributed by atoms with Gasteiger partial charge in [0.05, 0.1) is 5.60 Å². The standard InChI is InChI=1S/C15H20BrFO2/c1-10-5-7-15(19-2,8-6-10)14(18)12-9-11(16)3-4-13(12)17/h3-4,9-10,14,18H,5-8H2,1-2H3. The van der Waals surface area contributed by atoms with E-state index < -0.39 is 11.7 Å². The Labute approximate surface area is 122 Å². The Bertz CT molecular complexity index is 442. The Morgan fingerprint density at radius 1 is 1.42 bits per heavy atom. The molecule has 0 aliphatic heterocycles. The van der Waals surface area contributed by atoms with E-state index in [1.54, 1.807) is 19.2 Å². The first-order chi connectivity index (χ1) is 8.98. The van der Waals surface area contributed by atoms with Gasteiger partial charge in [-0.3, -0.25) is 0 Å². The monoisotopic (exact) mass is 330 g/mol. The molecule has 0 radical (unpaired) electrons. The summed E-state index contributed by atoms with van der Waals surface area (Å²) in [7, 11) is 1.61. The van der Waals surface area contributed by atoms with Gasteiger partial charge in [0.25, 0.3) is 0 Å². The van der Waals surface area contributed by atoms with Gasteiger partial charge in [-0.15, -0.1) is 0 Å². The Morgan fingerprint density at radius 2 is 2.05 bits per heavy atom. The third-order valence-electron chi connectivity index (χ3n) is 4.28. The van der Waals surface area contributed by atoms with Crippen molar-refractivity contribution < 1.29 is 14.2 Å².